The van der Waals surface area contributed by atoms with Crippen molar-refractivity contribution >= 4 is 65.4 Å². The van der Waals surface area contributed by atoms with Crippen LogP contribution < -0.4 is 9.30 Å². The number of aromatic nitrogens is 6. The van der Waals surface area contributed by atoms with Crippen LogP contribution in [0.2, 0.25) is 0 Å². The van der Waals surface area contributed by atoms with E-state index in [4.69, 9.17) is 9.72 Å². The van der Waals surface area contributed by atoms with Gasteiger partial charge in [-0.15, -0.1) is 29.7 Å². The number of para-hydroxylation sites is 5. The predicted molar refractivity (Wildman–Crippen MR) is 251 cm³/mol. The van der Waals surface area contributed by atoms with Gasteiger partial charge in [-0.05, 0) is 71.7 Å². The molecule has 13 rings (SSSR count). The Morgan fingerprint density at radius 1 is 0.453 bits per heavy atom. The fourth-order valence-electron chi connectivity index (χ4n) is 9.51. The fourth-order valence-corrected chi connectivity index (χ4v) is 9.51. The van der Waals surface area contributed by atoms with E-state index in [-0.39, 0.29) is 21.1 Å². The smallest absolute Gasteiger partial charge is 0.267 e. The minimum absolute atomic E-state index is 0. The van der Waals surface area contributed by atoms with Crippen molar-refractivity contribution in [3.63, 3.8) is 0 Å². The molecule has 7 nitrogen and oxygen atoms in total. The molecule has 8 heteroatoms. The molecule has 0 fully saturated rings. The second-order valence-electron chi connectivity index (χ2n) is 15.6. The maximum Gasteiger partial charge on any atom is 0.267 e. The quantitative estimate of drug-likeness (QED) is 0.118. The summed E-state index contributed by atoms with van der Waals surface area (Å²) in [6.45, 7) is 0. The van der Waals surface area contributed by atoms with E-state index in [1.807, 2.05) is 82.3 Å². The molecule has 0 unspecified atom stereocenters. The van der Waals surface area contributed by atoms with E-state index in [1.54, 1.807) is 0 Å². The zero-order valence-electron chi connectivity index (χ0n) is 34.0. The molecule has 0 saturated carbocycles. The summed E-state index contributed by atoms with van der Waals surface area (Å²) in [6.07, 6.45) is 9.22. The van der Waals surface area contributed by atoms with Crippen LogP contribution >= 0.6 is 0 Å². The summed E-state index contributed by atoms with van der Waals surface area (Å²) >= 11 is 0. The fraction of sp³-hybridized carbons (Fsp3) is 0. The van der Waals surface area contributed by atoms with Crippen molar-refractivity contribution in [2.24, 2.45) is 0 Å². The van der Waals surface area contributed by atoms with Crippen molar-refractivity contribution < 1.29 is 30.4 Å². The van der Waals surface area contributed by atoms with Crippen molar-refractivity contribution in [1.29, 1.82) is 0 Å². The van der Waals surface area contributed by atoms with E-state index in [0.717, 1.165) is 77.8 Å². The molecule has 0 aliphatic heterocycles. The molecule has 0 aliphatic rings. The zero-order chi connectivity index (χ0) is 41.4. The van der Waals surface area contributed by atoms with Gasteiger partial charge < -0.3 is 23.0 Å². The van der Waals surface area contributed by atoms with Gasteiger partial charge in [0, 0.05) is 84.1 Å². The largest absolute Gasteiger partial charge is 0.510 e. The number of hydrogen-bond donors (Lipinski definition) is 0. The number of ether oxygens (including phenoxy) is 1. The first kappa shape index (κ1) is 37.7. The zero-order valence-corrected chi connectivity index (χ0v) is 36.3. The van der Waals surface area contributed by atoms with Crippen LogP contribution in [0.1, 0.15) is 0 Å². The average molecular weight is 1000 g/mol. The van der Waals surface area contributed by atoms with Crippen LogP contribution in [0.25, 0.3) is 94.0 Å². The Morgan fingerprint density at radius 2 is 1.03 bits per heavy atom. The van der Waals surface area contributed by atoms with Gasteiger partial charge in [-0.1, -0.05) is 103 Å². The van der Waals surface area contributed by atoms with E-state index >= 15 is 0 Å². The van der Waals surface area contributed by atoms with Gasteiger partial charge in [0.2, 0.25) is 0 Å². The van der Waals surface area contributed by atoms with Crippen LogP contribution in [-0.2, 0) is 21.1 Å². The van der Waals surface area contributed by atoms with Crippen LogP contribution in [0.4, 0.5) is 0 Å². The van der Waals surface area contributed by atoms with Crippen molar-refractivity contribution in [2.45, 2.75) is 0 Å². The maximum absolute atomic E-state index is 6.69. The van der Waals surface area contributed by atoms with Crippen molar-refractivity contribution in [1.82, 2.24) is 23.3 Å². The molecule has 0 radical (unpaired) electrons. The van der Waals surface area contributed by atoms with Gasteiger partial charge in [-0.2, -0.15) is 18.2 Å². The Kier molecular flexibility index (Phi) is 8.92. The minimum atomic E-state index is 0. The van der Waals surface area contributed by atoms with Crippen LogP contribution in [-0.4, -0.2) is 23.3 Å². The van der Waals surface area contributed by atoms with Gasteiger partial charge >= 0.3 is 0 Å². The summed E-state index contributed by atoms with van der Waals surface area (Å²) in [4.78, 5) is 5.04. The number of imidazole rings is 1. The summed E-state index contributed by atoms with van der Waals surface area (Å²) in [6, 6.07) is 72.6. The Bertz CT molecular complexity index is 3870. The molecule has 0 N–H and O–H groups in total. The molecule has 0 bridgehead atoms. The first-order valence-corrected chi connectivity index (χ1v) is 21.0. The molecular formula is C56H34N6OPt-2. The van der Waals surface area contributed by atoms with E-state index in [1.165, 1.54) is 16.2 Å². The maximum atomic E-state index is 6.69. The first-order chi connectivity index (χ1) is 31.3. The monoisotopic (exact) mass is 1000 g/mol. The summed E-state index contributed by atoms with van der Waals surface area (Å²) in [7, 11) is 0. The third-order valence-electron chi connectivity index (χ3n) is 12.1. The number of benzene rings is 8. The molecule has 5 aromatic heterocycles. The van der Waals surface area contributed by atoms with Crippen molar-refractivity contribution in [2.75, 3.05) is 0 Å². The third kappa shape index (κ3) is 5.78. The Balaban J connectivity index is 0.00000433. The molecule has 64 heavy (non-hydrogen) atoms. The minimum Gasteiger partial charge on any atom is -0.510 e. The standard InChI is InChI=1S/C56H34N6O.Pt/c1-4-17-38(18-5-1)58-33-34-59(37-58)41-23-16-24-42(35-41)63-43-30-31-46-49(36-43)62(50-29-14-15-32-57-50)55-52(46)51-44-25-10-12-27-47(44)60(39-19-6-2-7-20-39)54(51)53-45-26-11-13-28-48(45)61(56(53)55)40-21-8-3-9-22-40;/h1-34H;/q-2;. The van der Waals surface area contributed by atoms with Gasteiger partial charge in [0.05, 0.1) is 33.3 Å². The second-order valence-corrected chi connectivity index (χ2v) is 15.6. The Morgan fingerprint density at radius 3 is 1.72 bits per heavy atom. The van der Waals surface area contributed by atoms with Gasteiger partial charge in [-0.25, -0.2) is 4.98 Å². The van der Waals surface area contributed by atoms with Gasteiger partial charge in [0.1, 0.15) is 5.82 Å². The number of hydrogen-bond acceptors (Lipinski definition) is 2. The first-order valence-electron chi connectivity index (χ1n) is 21.0. The molecule has 306 valence electrons. The third-order valence-corrected chi connectivity index (χ3v) is 12.1. The van der Waals surface area contributed by atoms with E-state index < -0.39 is 0 Å². The topological polar surface area (TPSA) is 45.7 Å². The molecule has 0 spiro atoms. The average Bonchev–Trinajstić information content (AvgIpc) is 4.13. The van der Waals surface area contributed by atoms with Gasteiger partial charge in [0.15, 0.2) is 0 Å². The van der Waals surface area contributed by atoms with Gasteiger partial charge in [0.25, 0.3) is 6.33 Å². The normalized spacial score (nSPS) is 11.6. The SMILES string of the molecule is [Pt].[c-]1c(Oc2[c-]c3c(cc2)c2c4c5ccccc5n(-c5ccccc5)c4c4c5ccccc5n(-c5ccccc5)c4c2n3-c2ccccn2)cccc1-[n+]1[c-]n(-c2ccccc2)cc1. The summed E-state index contributed by atoms with van der Waals surface area (Å²) < 4.78 is 17.7. The van der Waals surface area contributed by atoms with Crippen LogP contribution in [0.5, 0.6) is 11.5 Å². The molecule has 0 atom stereocenters. The number of nitrogens with zero attached hydrogens (tertiary/aromatic N) is 6. The van der Waals surface area contributed by atoms with Gasteiger partial charge in [-0.3, -0.25) is 4.57 Å². The van der Waals surface area contributed by atoms with Crippen molar-refractivity contribution in [3.8, 4) is 40.1 Å². The molecule has 5 heterocycles. The van der Waals surface area contributed by atoms with E-state index in [0.29, 0.717) is 11.5 Å². The van der Waals surface area contributed by atoms with Crippen molar-refractivity contribution in [3.05, 3.63) is 225 Å². The second kappa shape index (κ2) is 15.1. The molecule has 0 saturated heterocycles. The molecule has 0 amide bonds. The summed E-state index contributed by atoms with van der Waals surface area (Å²) in [5.74, 6) is 1.91. The van der Waals surface area contributed by atoms with E-state index in [9.17, 15) is 0 Å². The molecular weight excluding hydrogens is 968 g/mol. The summed E-state index contributed by atoms with van der Waals surface area (Å²) in [5.41, 5.74) is 10.4. The molecule has 13 aromatic rings. The van der Waals surface area contributed by atoms with Crippen LogP contribution in [0.3, 0.4) is 0 Å². The van der Waals surface area contributed by atoms with Crippen LogP contribution in [0, 0.1) is 18.5 Å². The Hall–Kier alpha value is -7.99. The number of fused-ring (bicyclic) bond motifs is 12. The Labute approximate surface area is 382 Å². The van der Waals surface area contributed by atoms with E-state index in [2.05, 4.69) is 166 Å². The summed E-state index contributed by atoms with van der Waals surface area (Å²) in [5, 5.41) is 6.83. The molecule has 0 aliphatic carbocycles. The van der Waals surface area contributed by atoms with Crippen LogP contribution in [0.15, 0.2) is 207 Å². The number of rotatable bonds is 7. The predicted octanol–water partition coefficient (Wildman–Crippen LogP) is 12.6. The molecule has 8 aromatic carbocycles. The number of pyridine rings is 1.